The highest BCUT2D eigenvalue weighted by atomic mass is 32.2. The molecule has 0 fully saturated rings. The third-order valence-corrected chi connectivity index (χ3v) is 8.01. The standard InChI is InChI=1S/C32H44N6O2S.C2H6/c1-9-38(17-16-36(5)6)30-19-24(14-15-33-30)40-23-11-10-22-18-27(37(7)26(22)13-12-23)31(39)35-25-20-29(32(2,3)4)34-21-28(25)41-8;1-2/h10-11,13-14,18-21,33H,9,12,15-17H2,1-8H3,(H,34,35,39);1-2H3. The summed E-state index contributed by atoms with van der Waals surface area (Å²) >= 11 is 1.57. The molecule has 234 valence electrons. The number of rotatable bonds is 10. The van der Waals surface area contributed by atoms with E-state index in [1.807, 2.05) is 62.2 Å². The first-order chi connectivity index (χ1) is 20.5. The lowest BCUT2D eigenvalue weighted by molar-refractivity contribution is 0.101. The lowest BCUT2D eigenvalue weighted by Gasteiger charge is -2.30. The molecule has 0 aromatic carbocycles. The monoisotopic (exact) mass is 606 g/mol. The minimum absolute atomic E-state index is 0.113. The topological polar surface area (TPSA) is 74.7 Å². The largest absolute Gasteiger partial charge is 0.462 e. The normalized spacial score (nSPS) is 14.3. The van der Waals surface area contributed by atoms with Crippen molar-refractivity contribution in [2.24, 2.45) is 7.05 Å². The molecule has 2 aromatic rings. The van der Waals surface area contributed by atoms with E-state index in [0.29, 0.717) is 12.1 Å². The van der Waals surface area contributed by atoms with Gasteiger partial charge < -0.3 is 29.7 Å². The minimum Gasteiger partial charge on any atom is -0.462 e. The highest BCUT2D eigenvalue weighted by molar-refractivity contribution is 7.98. The zero-order chi connectivity index (χ0) is 31.7. The molecule has 8 nitrogen and oxygen atoms in total. The second-order valence-corrected chi connectivity index (χ2v) is 12.5. The third-order valence-electron chi connectivity index (χ3n) is 7.25. The second-order valence-electron chi connectivity index (χ2n) is 11.6. The Morgan fingerprint density at radius 2 is 1.91 bits per heavy atom. The smallest absolute Gasteiger partial charge is 0.272 e. The Bertz CT molecular complexity index is 1490. The first-order valence-corrected chi connectivity index (χ1v) is 16.4. The molecule has 0 saturated carbocycles. The van der Waals surface area contributed by atoms with Crippen LogP contribution in [-0.4, -0.2) is 71.8 Å². The van der Waals surface area contributed by atoms with Gasteiger partial charge in [0.2, 0.25) is 0 Å². The van der Waals surface area contributed by atoms with E-state index in [2.05, 4.69) is 85.4 Å². The summed E-state index contributed by atoms with van der Waals surface area (Å²) in [6.07, 6.45) is 14.8. The summed E-state index contributed by atoms with van der Waals surface area (Å²) in [5, 5.41) is 8.60. The van der Waals surface area contributed by atoms with Crippen LogP contribution in [0, 0.1) is 0 Å². The van der Waals surface area contributed by atoms with E-state index in [1.165, 1.54) is 0 Å². The van der Waals surface area contributed by atoms with Crippen molar-refractivity contribution < 1.29 is 9.53 Å². The van der Waals surface area contributed by atoms with Crippen LogP contribution in [0.2, 0.25) is 0 Å². The van der Waals surface area contributed by atoms with Gasteiger partial charge >= 0.3 is 0 Å². The van der Waals surface area contributed by atoms with Gasteiger partial charge in [-0.05, 0) is 57.6 Å². The van der Waals surface area contributed by atoms with E-state index < -0.39 is 0 Å². The molecule has 1 aliphatic carbocycles. The van der Waals surface area contributed by atoms with Crippen LogP contribution in [0.3, 0.4) is 0 Å². The molecule has 4 rings (SSSR count). The zero-order valence-corrected chi connectivity index (χ0v) is 28.5. The van der Waals surface area contributed by atoms with Crippen molar-refractivity contribution in [2.45, 2.75) is 58.3 Å². The number of carbonyl (C=O) groups excluding carboxylic acids is 1. The van der Waals surface area contributed by atoms with Gasteiger partial charge in [0.15, 0.2) is 0 Å². The number of likely N-dealkylation sites (N-methyl/N-ethyl adjacent to an activating group) is 2. The van der Waals surface area contributed by atoms with Gasteiger partial charge in [-0.15, -0.1) is 11.8 Å². The number of hydrogen-bond acceptors (Lipinski definition) is 7. The second kappa shape index (κ2) is 15.3. The number of ether oxygens (including phenoxy) is 1. The maximum absolute atomic E-state index is 13.4. The van der Waals surface area contributed by atoms with Gasteiger partial charge in [0.25, 0.3) is 5.91 Å². The van der Waals surface area contributed by atoms with E-state index in [9.17, 15) is 4.79 Å². The number of dihydropyridines is 1. The van der Waals surface area contributed by atoms with Gasteiger partial charge in [0.05, 0.1) is 5.69 Å². The Labute approximate surface area is 262 Å². The van der Waals surface area contributed by atoms with Crippen molar-refractivity contribution in [3.8, 4) is 0 Å². The molecular weight excluding hydrogens is 556 g/mol. The predicted octanol–water partition coefficient (Wildman–Crippen LogP) is 4.80. The minimum atomic E-state index is -0.142. The summed E-state index contributed by atoms with van der Waals surface area (Å²) in [6.45, 7) is 16.1. The number of nitrogens with zero attached hydrogens (tertiary/aromatic N) is 4. The highest BCUT2D eigenvalue weighted by Crippen LogP contribution is 2.30. The number of thioether (sulfide) groups is 1. The Morgan fingerprint density at radius 1 is 1.16 bits per heavy atom. The molecule has 3 heterocycles. The maximum Gasteiger partial charge on any atom is 0.272 e. The Hall–Kier alpha value is -3.43. The van der Waals surface area contributed by atoms with Gasteiger partial charge in [-0.3, -0.25) is 9.78 Å². The van der Waals surface area contributed by atoms with E-state index >= 15 is 0 Å². The quantitative estimate of drug-likeness (QED) is 0.377. The number of carbonyl (C=O) groups is 1. The first-order valence-electron chi connectivity index (χ1n) is 15.2. The molecule has 0 unspecified atom stereocenters. The van der Waals surface area contributed by atoms with Gasteiger partial charge in [0.1, 0.15) is 23.0 Å². The van der Waals surface area contributed by atoms with E-state index in [0.717, 1.165) is 70.4 Å². The summed E-state index contributed by atoms with van der Waals surface area (Å²) in [4.78, 5) is 23.5. The molecule has 9 heteroatoms. The summed E-state index contributed by atoms with van der Waals surface area (Å²) in [6, 6.07) is 3.93. The summed E-state index contributed by atoms with van der Waals surface area (Å²) in [7, 11) is 6.12. The van der Waals surface area contributed by atoms with Crippen LogP contribution in [0.1, 0.15) is 64.1 Å². The van der Waals surface area contributed by atoms with Gasteiger partial charge in [-0.2, -0.15) is 0 Å². The number of nitrogens with one attached hydrogen (secondary N) is 2. The highest BCUT2D eigenvalue weighted by Gasteiger charge is 2.20. The fraction of sp³-hybridized carbons (Fsp3) is 0.471. The summed E-state index contributed by atoms with van der Waals surface area (Å²) < 4.78 is 8.29. The lowest BCUT2D eigenvalue weighted by atomic mass is 9.91. The van der Waals surface area contributed by atoms with Gasteiger partial charge in [0, 0.05) is 78.5 Å². The molecule has 0 saturated heterocycles. The number of anilines is 1. The molecule has 0 atom stereocenters. The van der Waals surface area contributed by atoms with E-state index in [1.54, 1.807) is 11.8 Å². The fourth-order valence-corrected chi connectivity index (χ4v) is 5.26. The van der Waals surface area contributed by atoms with Crippen molar-refractivity contribution in [3.63, 3.8) is 0 Å². The molecule has 0 bridgehead atoms. The number of fused-ring (bicyclic) bond motifs is 1. The number of aromatic nitrogens is 2. The molecule has 0 radical (unpaired) electrons. The van der Waals surface area contributed by atoms with Crippen LogP contribution in [0.4, 0.5) is 5.69 Å². The van der Waals surface area contributed by atoms with Gasteiger partial charge in [-0.25, -0.2) is 0 Å². The molecule has 2 N–H and O–H groups in total. The average molecular weight is 607 g/mol. The molecule has 43 heavy (non-hydrogen) atoms. The average Bonchev–Trinajstić information content (AvgIpc) is 3.16. The number of amides is 1. The van der Waals surface area contributed by atoms with E-state index in [4.69, 9.17) is 4.74 Å². The first kappa shape index (κ1) is 34.1. The van der Waals surface area contributed by atoms with Crippen molar-refractivity contribution in [3.05, 3.63) is 75.9 Å². The SMILES string of the molecule is CC.CCN(CCN(C)C)C1=CC(OC2=CC=c3cc(C(=O)Nc4cc(C(C)(C)C)ncc4SC)n(C)c3=CC2)=CCN1. The van der Waals surface area contributed by atoms with Crippen LogP contribution in [0.25, 0.3) is 12.2 Å². The number of pyridine rings is 1. The van der Waals surface area contributed by atoms with E-state index in [-0.39, 0.29) is 11.3 Å². The molecule has 1 aliphatic heterocycles. The van der Waals surface area contributed by atoms with Crippen molar-refractivity contribution in [1.29, 1.82) is 0 Å². The molecule has 0 spiro atoms. The Balaban J connectivity index is 0.00000248. The molecular formula is C34H50N6O2S. The van der Waals surface area contributed by atoms with Crippen LogP contribution in [0.5, 0.6) is 0 Å². The summed E-state index contributed by atoms with van der Waals surface area (Å²) in [5.74, 6) is 2.65. The van der Waals surface area contributed by atoms with Crippen molar-refractivity contribution >= 4 is 35.5 Å². The number of hydrogen-bond donors (Lipinski definition) is 2. The fourth-order valence-electron chi connectivity index (χ4n) is 4.77. The Morgan fingerprint density at radius 3 is 2.56 bits per heavy atom. The third kappa shape index (κ3) is 8.80. The predicted molar refractivity (Wildman–Crippen MR) is 181 cm³/mol. The van der Waals surface area contributed by atoms with Crippen LogP contribution in [0.15, 0.2) is 58.8 Å². The van der Waals surface area contributed by atoms with Crippen LogP contribution < -0.4 is 21.2 Å². The maximum atomic E-state index is 13.4. The van der Waals surface area contributed by atoms with Gasteiger partial charge in [-0.1, -0.05) is 40.7 Å². The molecule has 2 aromatic heterocycles. The molecule has 1 amide bonds. The van der Waals surface area contributed by atoms with Crippen molar-refractivity contribution in [1.82, 2.24) is 24.7 Å². The molecule has 2 aliphatic rings. The van der Waals surface area contributed by atoms with Crippen LogP contribution in [-0.2, 0) is 17.2 Å². The van der Waals surface area contributed by atoms with Crippen LogP contribution >= 0.6 is 11.8 Å². The lowest BCUT2D eigenvalue weighted by Crippen LogP contribution is -2.37. The number of allylic oxidation sites excluding steroid dienone is 3. The zero-order valence-electron chi connectivity index (χ0n) is 27.7. The Kier molecular flexibility index (Phi) is 12.2. The van der Waals surface area contributed by atoms with Crippen molar-refractivity contribution in [2.75, 3.05) is 51.8 Å². The summed E-state index contributed by atoms with van der Waals surface area (Å²) in [5.41, 5.74) is 2.22.